The molecule has 1 aliphatic heterocycles. The molecule has 1 rings (SSSR count). The fourth-order valence-electron chi connectivity index (χ4n) is 2.40. The maximum absolute atomic E-state index is 5.95. The average Bonchev–Trinajstić information content (AvgIpc) is 2.27. The Morgan fingerprint density at radius 2 is 2.08 bits per heavy atom. The maximum atomic E-state index is 5.95. The first-order chi connectivity index (χ1) is 5.85. The molecule has 78 valence electrons. The lowest BCUT2D eigenvalue weighted by atomic mass is 9.81. The molecule has 0 aromatic carbocycles. The normalized spacial score (nSPS) is 35.3. The van der Waals surface area contributed by atoms with E-state index in [-0.39, 0.29) is 5.60 Å². The van der Waals surface area contributed by atoms with Crippen LogP contribution in [0.3, 0.4) is 0 Å². The van der Waals surface area contributed by atoms with E-state index in [4.69, 9.17) is 10.5 Å². The van der Waals surface area contributed by atoms with E-state index in [9.17, 15) is 0 Å². The summed E-state index contributed by atoms with van der Waals surface area (Å²) in [6.45, 7) is 9.67. The quantitative estimate of drug-likeness (QED) is 0.716. The van der Waals surface area contributed by atoms with E-state index in [0.717, 1.165) is 19.3 Å². The summed E-state index contributed by atoms with van der Waals surface area (Å²) in [4.78, 5) is 0. The third kappa shape index (κ3) is 3.28. The van der Waals surface area contributed by atoms with Crippen molar-refractivity contribution >= 4 is 0 Å². The molecule has 2 unspecified atom stereocenters. The summed E-state index contributed by atoms with van der Waals surface area (Å²) in [5.41, 5.74) is 6.01. The van der Waals surface area contributed by atoms with Crippen LogP contribution in [0.1, 0.15) is 47.0 Å². The largest absolute Gasteiger partial charge is 0.371 e. The fourth-order valence-corrected chi connectivity index (χ4v) is 2.40. The van der Waals surface area contributed by atoms with Gasteiger partial charge in [0.05, 0.1) is 11.7 Å². The van der Waals surface area contributed by atoms with E-state index in [1.54, 1.807) is 0 Å². The summed E-state index contributed by atoms with van der Waals surface area (Å²) in [6.07, 6.45) is 3.71. The molecule has 1 aliphatic rings. The zero-order valence-electron chi connectivity index (χ0n) is 9.39. The van der Waals surface area contributed by atoms with E-state index < -0.39 is 0 Å². The highest BCUT2D eigenvalue weighted by Crippen LogP contribution is 2.38. The summed E-state index contributed by atoms with van der Waals surface area (Å²) >= 11 is 0. The SMILES string of the molecule is CC(C)(C)CC1(C)CCC(CN)O1. The zero-order chi connectivity index (χ0) is 10.1. The molecule has 2 nitrogen and oxygen atoms in total. The standard InChI is InChI=1S/C11H23NO/c1-10(2,3)8-11(4)6-5-9(7-12)13-11/h9H,5-8,12H2,1-4H3. The summed E-state index contributed by atoms with van der Waals surface area (Å²) < 4.78 is 5.95. The van der Waals surface area contributed by atoms with Crippen LogP contribution in [0.25, 0.3) is 0 Å². The second kappa shape index (κ2) is 3.58. The van der Waals surface area contributed by atoms with E-state index in [1.165, 1.54) is 0 Å². The lowest BCUT2D eigenvalue weighted by molar-refractivity contribution is -0.0477. The number of rotatable bonds is 2. The maximum Gasteiger partial charge on any atom is 0.0705 e. The topological polar surface area (TPSA) is 35.2 Å². The lowest BCUT2D eigenvalue weighted by Gasteiger charge is -2.32. The van der Waals surface area contributed by atoms with Crippen molar-refractivity contribution in [2.24, 2.45) is 11.1 Å². The molecule has 0 amide bonds. The van der Waals surface area contributed by atoms with Crippen molar-refractivity contribution in [2.45, 2.75) is 58.7 Å². The Balaban J connectivity index is 2.50. The van der Waals surface area contributed by atoms with E-state index in [2.05, 4.69) is 27.7 Å². The highest BCUT2D eigenvalue weighted by molar-refractivity contribution is 4.88. The Morgan fingerprint density at radius 3 is 2.46 bits per heavy atom. The number of ether oxygens (including phenoxy) is 1. The van der Waals surface area contributed by atoms with Crippen molar-refractivity contribution in [3.63, 3.8) is 0 Å². The predicted octanol–water partition coefficient (Wildman–Crippen LogP) is 2.32. The van der Waals surface area contributed by atoms with Gasteiger partial charge in [-0.1, -0.05) is 20.8 Å². The van der Waals surface area contributed by atoms with Gasteiger partial charge in [0, 0.05) is 6.54 Å². The van der Waals surface area contributed by atoms with Crippen molar-refractivity contribution in [3.05, 3.63) is 0 Å². The highest BCUT2D eigenvalue weighted by atomic mass is 16.5. The van der Waals surface area contributed by atoms with Crippen molar-refractivity contribution < 1.29 is 4.74 Å². The second-order valence-electron chi connectivity index (χ2n) is 5.70. The van der Waals surface area contributed by atoms with Gasteiger partial charge in [-0.2, -0.15) is 0 Å². The Kier molecular flexibility index (Phi) is 3.03. The van der Waals surface area contributed by atoms with E-state index >= 15 is 0 Å². The molecule has 0 aliphatic carbocycles. The van der Waals surface area contributed by atoms with Crippen LogP contribution in [0.15, 0.2) is 0 Å². The van der Waals surface area contributed by atoms with Gasteiger partial charge in [0.25, 0.3) is 0 Å². The number of nitrogens with two attached hydrogens (primary N) is 1. The molecule has 0 aromatic heterocycles. The summed E-state index contributed by atoms with van der Waals surface area (Å²) in [6, 6.07) is 0. The van der Waals surface area contributed by atoms with Crippen LogP contribution >= 0.6 is 0 Å². The van der Waals surface area contributed by atoms with Gasteiger partial charge in [-0.25, -0.2) is 0 Å². The highest BCUT2D eigenvalue weighted by Gasteiger charge is 2.38. The van der Waals surface area contributed by atoms with E-state index in [1.807, 2.05) is 0 Å². The molecule has 0 spiro atoms. The Labute approximate surface area is 81.8 Å². The van der Waals surface area contributed by atoms with Crippen LogP contribution in [-0.4, -0.2) is 18.2 Å². The molecular formula is C11H23NO. The van der Waals surface area contributed by atoms with Gasteiger partial charge in [0.2, 0.25) is 0 Å². The first kappa shape index (κ1) is 11.0. The molecule has 2 heteroatoms. The number of hydrogen-bond acceptors (Lipinski definition) is 2. The van der Waals surface area contributed by atoms with Crippen molar-refractivity contribution in [2.75, 3.05) is 6.54 Å². The molecule has 1 heterocycles. The third-order valence-corrected chi connectivity index (χ3v) is 2.61. The fraction of sp³-hybridized carbons (Fsp3) is 1.00. The monoisotopic (exact) mass is 185 g/mol. The first-order valence-electron chi connectivity index (χ1n) is 5.23. The van der Waals surface area contributed by atoms with Gasteiger partial charge in [-0.3, -0.25) is 0 Å². The molecule has 0 saturated carbocycles. The zero-order valence-corrected chi connectivity index (χ0v) is 9.39. The Morgan fingerprint density at radius 1 is 1.46 bits per heavy atom. The van der Waals surface area contributed by atoms with Crippen LogP contribution in [-0.2, 0) is 4.74 Å². The molecule has 2 N–H and O–H groups in total. The molecule has 1 fully saturated rings. The third-order valence-electron chi connectivity index (χ3n) is 2.61. The predicted molar refractivity (Wildman–Crippen MR) is 55.6 cm³/mol. The van der Waals surface area contributed by atoms with E-state index in [0.29, 0.717) is 18.1 Å². The number of hydrogen-bond donors (Lipinski definition) is 1. The van der Waals surface area contributed by atoms with Crippen LogP contribution in [0.5, 0.6) is 0 Å². The van der Waals surface area contributed by atoms with Gasteiger partial charge in [-0.15, -0.1) is 0 Å². The minimum absolute atomic E-state index is 0.0717. The van der Waals surface area contributed by atoms with Crippen LogP contribution < -0.4 is 5.73 Å². The van der Waals surface area contributed by atoms with Crippen LogP contribution in [0, 0.1) is 5.41 Å². The second-order valence-corrected chi connectivity index (χ2v) is 5.70. The van der Waals surface area contributed by atoms with Crippen LogP contribution in [0.2, 0.25) is 0 Å². The van der Waals surface area contributed by atoms with Gasteiger partial charge in [0.1, 0.15) is 0 Å². The van der Waals surface area contributed by atoms with Gasteiger partial charge in [-0.05, 0) is 31.6 Å². The first-order valence-corrected chi connectivity index (χ1v) is 5.23. The minimum atomic E-state index is 0.0717. The molecule has 1 saturated heterocycles. The molecule has 13 heavy (non-hydrogen) atoms. The van der Waals surface area contributed by atoms with Gasteiger partial charge < -0.3 is 10.5 Å². The minimum Gasteiger partial charge on any atom is -0.371 e. The lowest BCUT2D eigenvalue weighted by Crippen LogP contribution is -2.32. The molecule has 2 atom stereocenters. The summed E-state index contributed by atoms with van der Waals surface area (Å²) in [5, 5.41) is 0. The van der Waals surface area contributed by atoms with Gasteiger partial charge in [0.15, 0.2) is 0 Å². The summed E-state index contributed by atoms with van der Waals surface area (Å²) in [5.74, 6) is 0. The smallest absolute Gasteiger partial charge is 0.0705 e. The molecule has 0 radical (unpaired) electrons. The van der Waals surface area contributed by atoms with Gasteiger partial charge >= 0.3 is 0 Å². The average molecular weight is 185 g/mol. The van der Waals surface area contributed by atoms with Crippen LogP contribution in [0.4, 0.5) is 0 Å². The Bertz CT molecular complexity index is 173. The Hall–Kier alpha value is -0.0800. The summed E-state index contributed by atoms with van der Waals surface area (Å²) in [7, 11) is 0. The van der Waals surface area contributed by atoms with Crippen molar-refractivity contribution in [1.29, 1.82) is 0 Å². The van der Waals surface area contributed by atoms with Crippen molar-refractivity contribution in [3.8, 4) is 0 Å². The molecule has 0 aromatic rings. The van der Waals surface area contributed by atoms with Crippen molar-refractivity contribution in [1.82, 2.24) is 0 Å². The molecule has 0 bridgehead atoms. The molecular weight excluding hydrogens is 162 g/mol.